The molecule has 0 aliphatic heterocycles. The maximum Gasteiger partial charge on any atom is 0.249 e. The molecular formula is C19H37N3O4. The van der Waals surface area contributed by atoms with Gasteiger partial charge in [-0.05, 0) is 45.4 Å². The number of rotatable bonds is 7. The van der Waals surface area contributed by atoms with Crippen LogP contribution in [0.2, 0.25) is 0 Å². The summed E-state index contributed by atoms with van der Waals surface area (Å²) in [6, 6.07) is -0.826. The van der Waals surface area contributed by atoms with E-state index in [0.717, 1.165) is 0 Å². The summed E-state index contributed by atoms with van der Waals surface area (Å²) in [4.78, 5) is 37.3. The van der Waals surface area contributed by atoms with Crippen LogP contribution in [0.5, 0.6) is 0 Å². The Labute approximate surface area is 157 Å². The number of carbonyl (C=O) groups is 3. The van der Waals surface area contributed by atoms with Crippen molar-refractivity contribution in [1.82, 2.24) is 10.6 Å². The number of primary amides is 1. The van der Waals surface area contributed by atoms with E-state index >= 15 is 0 Å². The van der Waals surface area contributed by atoms with Crippen molar-refractivity contribution in [3.63, 3.8) is 0 Å². The zero-order valence-electron chi connectivity index (χ0n) is 17.7. The molecule has 0 rings (SSSR count). The zero-order chi connectivity index (χ0) is 21.1. The lowest BCUT2D eigenvalue weighted by molar-refractivity contribution is -0.151. The largest absolute Gasteiger partial charge is 0.379 e. The van der Waals surface area contributed by atoms with Gasteiger partial charge in [0.2, 0.25) is 17.7 Å². The van der Waals surface area contributed by atoms with Gasteiger partial charge in [-0.3, -0.25) is 14.4 Å². The molecule has 3 amide bonds. The second-order valence-corrected chi connectivity index (χ2v) is 9.74. The Bertz CT molecular complexity index is 528. The standard InChI is InChI=1S/C19H37N3O4/c1-11(2)10-12(19(9,26)16(20)25)14(23)21-13(17(3,4)5)15(24)22-18(6,7)8/h11-13,26H,10H2,1-9H3,(H2,20,25)(H,21,23)(H,22,24)/t12?,13-,19-/m1/s1. The first kappa shape index (κ1) is 24.4. The molecule has 0 aliphatic carbocycles. The minimum Gasteiger partial charge on any atom is -0.379 e. The molecule has 152 valence electrons. The van der Waals surface area contributed by atoms with E-state index in [9.17, 15) is 19.5 Å². The van der Waals surface area contributed by atoms with E-state index in [0.29, 0.717) is 0 Å². The number of nitrogens with two attached hydrogens (primary N) is 1. The topological polar surface area (TPSA) is 122 Å². The first-order chi connectivity index (χ1) is 11.4. The first-order valence-corrected chi connectivity index (χ1v) is 9.04. The number of nitrogens with one attached hydrogen (secondary N) is 2. The van der Waals surface area contributed by atoms with E-state index in [2.05, 4.69) is 10.6 Å². The van der Waals surface area contributed by atoms with Gasteiger partial charge in [0, 0.05) is 5.54 Å². The van der Waals surface area contributed by atoms with E-state index < -0.39 is 40.3 Å². The Hall–Kier alpha value is -1.63. The van der Waals surface area contributed by atoms with Crippen LogP contribution in [0, 0.1) is 17.3 Å². The van der Waals surface area contributed by atoms with Crippen LogP contribution < -0.4 is 16.4 Å². The molecule has 0 saturated heterocycles. The van der Waals surface area contributed by atoms with E-state index in [1.165, 1.54) is 6.92 Å². The lowest BCUT2D eigenvalue weighted by atomic mass is 9.80. The highest BCUT2D eigenvalue weighted by molar-refractivity contribution is 5.94. The van der Waals surface area contributed by atoms with Crippen LogP contribution in [0.3, 0.4) is 0 Å². The minimum atomic E-state index is -2.00. The molecule has 0 aromatic heterocycles. The zero-order valence-corrected chi connectivity index (χ0v) is 17.7. The third kappa shape index (κ3) is 7.32. The van der Waals surface area contributed by atoms with Crippen LogP contribution in [0.15, 0.2) is 0 Å². The first-order valence-electron chi connectivity index (χ1n) is 9.04. The van der Waals surface area contributed by atoms with Gasteiger partial charge in [0.25, 0.3) is 0 Å². The van der Waals surface area contributed by atoms with Gasteiger partial charge in [-0.15, -0.1) is 0 Å². The average Bonchev–Trinajstić information content (AvgIpc) is 2.37. The minimum absolute atomic E-state index is 0.0491. The molecule has 0 aromatic carbocycles. The summed E-state index contributed by atoms with van der Waals surface area (Å²) in [5.74, 6) is -2.85. The normalized spacial score (nSPS) is 17.2. The number of hydrogen-bond donors (Lipinski definition) is 4. The number of aliphatic hydroxyl groups is 1. The summed E-state index contributed by atoms with van der Waals surface area (Å²) in [7, 11) is 0. The maximum atomic E-state index is 12.9. The molecular weight excluding hydrogens is 334 g/mol. The molecule has 5 N–H and O–H groups in total. The number of amides is 3. The van der Waals surface area contributed by atoms with Crippen LogP contribution in [-0.4, -0.2) is 40.0 Å². The predicted molar refractivity (Wildman–Crippen MR) is 102 cm³/mol. The van der Waals surface area contributed by atoms with Crippen molar-refractivity contribution in [2.24, 2.45) is 23.0 Å². The van der Waals surface area contributed by atoms with Gasteiger partial charge in [-0.2, -0.15) is 0 Å². The van der Waals surface area contributed by atoms with Crippen molar-refractivity contribution < 1.29 is 19.5 Å². The van der Waals surface area contributed by atoms with Gasteiger partial charge in [-0.25, -0.2) is 0 Å². The molecule has 1 unspecified atom stereocenters. The molecule has 0 fully saturated rings. The molecule has 0 bridgehead atoms. The highest BCUT2D eigenvalue weighted by atomic mass is 16.3. The van der Waals surface area contributed by atoms with Gasteiger partial charge < -0.3 is 21.5 Å². The Morgan fingerprint density at radius 1 is 0.962 bits per heavy atom. The van der Waals surface area contributed by atoms with Crippen molar-refractivity contribution >= 4 is 17.7 Å². The molecule has 0 aromatic rings. The van der Waals surface area contributed by atoms with Gasteiger partial charge in [0.05, 0.1) is 5.92 Å². The monoisotopic (exact) mass is 371 g/mol. The average molecular weight is 372 g/mol. The molecule has 0 heterocycles. The van der Waals surface area contributed by atoms with Crippen LogP contribution in [0.4, 0.5) is 0 Å². The molecule has 0 radical (unpaired) electrons. The van der Waals surface area contributed by atoms with Crippen molar-refractivity contribution in [2.45, 2.75) is 85.9 Å². The molecule has 26 heavy (non-hydrogen) atoms. The SMILES string of the molecule is CC(C)CC(C(=O)N[C@H](C(=O)NC(C)(C)C)C(C)(C)C)[C@@](C)(O)C(N)=O. The third-order valence-corrected chi connectivity index (χ3v) is 4.11. The fraction of sp³-hybridized carbons (Fsp3) is 0.842. The molecule has 7 nitrogen and oxygen atoms in total. The van der Waals surface area contributed by atoms with Gasteiger partial charge in [-0.1, -0.05) is 34.6 Å². The quantitative estimate of drug-likeness (QED) is 0.539. The fourth-order valence-electron chi connectivity index (χ4n) is 2.59. The van der Waals surface area contributed by atoms with E-state index in [1.807, 2.05) is 55.4 Å². The number of hydrogen-bond acceptors (Lipinski definition) is 4. The van der Waals surface area contributed by atoms with Crippen molar-refractivity contribution in [3.8, 4) is 0 Å². The lowest BCUT2D eigenvalue weighted by Gasteiger charge is -2.36. The van der Waals surface area contributed by atoms with Gasteiger partial charge in [0.1, 0.15) is 6.04 Å². The number of carbonyl (C=O) groups excluding carboxylic acids is 3. The van der Waals surface area contributed by atoms with E-state index in [4.69, 9.17) is 5.73 Å². The third-order valence-electron chi connectivity index (χ3n) is 4.11. The van der Waals surface area contributed by atoms with Gasteiger partial charge >= 0.3 is 0 Å². The van der Waals surface area contributed by atoms with Crippen LogP contribution in [0.25, 0.3) is 0 Å². The Kier molecular flexibility index (Phi) is 7.85. The van der Waals surface area contributed by atoms with Crippen molar-refractivity contribution in [2.75, 3.05) is 0 Å². The second-order valence-electron chi connectivity index (χ2n) is 9.74. The summed E-state index contributed by atoms with van der Waals surface area (Å²) < 4.78 is 0. The van der Waals surface area contributed by atoms with Crippen LogP contribution in [-0.2, 0) is 14.4 Å². The van der Waals surface area contributed by atoms with Gasteiger partial charge in [0.15, 0.2) is 5.60 Å². The highest BCUT2D eigenvalue weighted by Gasteiger charge is 2.44. The summed E-state index contributed by atoms with van der Waals surface area (Å²) in [6.45, 7) is 16.1. The smallest absolute Gasteiger partial charge is 0.249 e. The summed E-state index contributed by atoms with van der Waals surface area (Å²) in [6.07, 6.45) is 0.263. The highest BCUT2D eigenvalue weighted by Crippen LogP contribution is 2.27. The summed E-state index contributed by atoms with van der Waals surface area (Å²) in [5.41, 5.74) is 2.27. The Morgan fingerprint density at radius 3 is 1.73 bits per heavy atom. The van der Waals surface area contributed by atoms with Crippen LogP contribution >= 0.6 is 0 Å². The van der Waals surface area contributed by atoms with E-state index in [-0.39, 0.29) is 18.2 Å². The molecule has 0 saturated carbocycles. The molecule has 0 aliphatic rings. The predicted octanol–water partition coefficient (Wildman–Crippen LogP) is 1.33. The lowest BCUT2D eigenvalue weighted by Crippen LogP contribution is -2.61. The van der Waals surface area contributed by atoms with Crippen LogP contribution in [0.1, 0.15) is 68.7 Å². The van der Waals surface area contributed by atoms with Crippen molar-refractivity contribution in [3.05, 3.63) is 0 Å². The maximum absolute atomic E-state index is 12.9. The molecule has 7 heteroatoms. The second kappa shape index (κ2) is 8.37. The Morgan fingerprint density at radius 2 is 1.42 bits per heavy atom. The summed E-state index contributed by atoms with van der Waals surface area (Å²) >= 11 is 0. The fourth-order valence-corrected chi connectivity index (χ4v) is 2.59. The molecule has 0 spiro atoms. The molecule has 3 atom stereocenters. The summed E-state index contributed by atoms with van der Waals surface area (Å²) in [5, 5.41) is 16.1. The van der Waals surface area contributed by atoms with E-state index in [1.54, 1.807) is 0 Å². The van der Waals surface area contributed by atoms with Crippen molar-refractivity contribution in [1.29, 1.82) is 0 Å². The Balaban J connectivity index is 5.68.